The quantitative estimate of drug-likeness (QED) is 0.232. The van der Waals surface area contributed by atoms with Crippen LogP contribution < -0.4 is 0 Å². The van der Waals surface area contributed by atoms with Crippen molar-refractivity contribution in [2.75, 3.05) is 0 Å². The first kappa shape index (κ1) is 21.0. The van der Waals surface area contributed by atoms with Crippen LogP contribution in [-0.4, -0.2) is 15.8 Å². The molecule has 0 fully saturated rings. The van der Waals surface area contributed by atoms with E-state index in [4.69, 9.17) is 0 Å². The van der Waals surface area contributed by atoms with E-state index in [1.54, 1.807) is 60.7 Å². The summed E-state index contributed by atoms with van der Waals surface area (Å²) in [4.78, 5) is 36.2. The zero-order valence-corrected chi connectivity index (χ0v) is 17.6. The van der Waals surface area contributed by atoms with Crippen LogP contribution in [0.4, 0.5) is 5.69 Å². The van der Waals surface area contributed by atoms with Crippen molar-refractivity contribution in [2.45, 2.75) is 11.7 Å². The number of thioether (sulfide) groups is 1. The van der Waals surface area contributed by atoms with E-state index in [0.29, 0.717) is 16.7 Å². The molecule has 0 aliphatic carbocycles. The van der Waals surface area contributed by atoms with Gasteiger partial charge in [0.05, 0.1) is 4.92 Å². The molecule has 0 saturated heterocycles. The normalized spacial score (nSPS) is 11.6. The van der Waals surface area contributed by atoms with Gasteiger partial charge in [-0.2, -0.15) is 0 Å². The summed E-state index contributed by atoms with van der Waals surface area (Å²) in [7, 11) is 0. The number of carbonyl (C=O) groups is 2. The van der Waals surface area contributed by atoms with Crippen LogP contribution in [-0.2, 0) is 0 Å². The smallest absolute Gasteiger partial charge is 0.269 e. The summed E-state index contributed by atoms with van der Waals surface area (Å²) >= 11 is 4.34. The highest BCUT2D eigenvalue weighted by Gasteiger charge is 2.23. The third kappa shape index (κ3) is 5.62. The Balaban J connectivity index is 1.89. The van der Waals surface area contributed by atoms with Gasteiger partial charge in [-0.3, -0.25) is 19.7 Å². The minimum absolute atomic E-state index is 0.0477. The molecule has 0 N–H and O–H groups in total. The molecule has 0 saturated carbocycles. The molecule has 3 aromatic rings. The highest BCUT2D eigenvalue weighted by molar-refractivity contribution is 9.10. The zero-order valence-electron chi connectivity index (χ0n) is 15.2. The van der Waals surface area contributed by atoms with Crippen LogP contribution in [0.5, 0.6) is 0 Å². The van der Waals surface area contributed by atoms with Crippen molar-refractivity contribution in [3.05, 3.63) is 110 Å². The largest absolute Gasteiger partial charge is 0.294 e. The Kier molecular flexibility index (Phi) is 6.95. The highest BCUT2D eigenvalue weighted by Crippen LogP contribution is 2.37. The van der Waals surface area contributed by atoms with Crippen LogP contribution >= 0.6 is 27.7 Å². The van der Waals surface area contributed by atoms with Crippen LogP contribution in [0.3, 0.4) is 0 Å². The van der Waals surface area contributed by atoms with Crippen molar-refractivity contribution in [3.63, 3.8) is 0 Å². The molecule has 0 aliphatic heterocycles. The molecule has 0 spiro atoms. The third-order valence-corrected chi connectivity index (χ3v) is 5.95. The van der Waals surface area contributed by atoms with E-state index in [0.717, 1.165) is 16.2 Å². The minimum atomic E-state index is -0.543. The number of nitrogens with zero attached hydrogens (tertiary/aromatic N) is 1. The van der Waals surface area contributed by atoms with Gasteiger partial charge in [-0.1, -0.05) is 82.3 Å². The lowest BCUT2D eigenvalue weighted by atomic mass is 10.0. The molecule has 3 aromatic carbocycles. The van der Waals surface area contributed by atoms with Gasteiger partial charge in [0.2, 0.25) is 5.12 Å². The SMILES string of the molecule is O=C(CC(SC(=O)c1ccccc1)c1cccc([N+](=O)[O-])c1)c1ccc(Br)cc1. The number of hydrogen-bond donors (Lipinski definition) is 0. The number of carbonyl (C=O) groups excluding carboxylic acids is 2. The van der Waals surface area contributed by atoms with Gasteiger partial charge >= 0.3 is 0 Å². The third-order valence-electron chi connectivity index (χ3n) is 4.25. The molecular formula is C22H16BrNO4S. The lowest BCUT2D eigenvalue weighted by Gasteiger charge is -2.16. The van der Waals surface area contributed by atoms with Crippen LogP contribution in [0, 0.1) is 10.1 Å². The molecule has 29 heavy (non-hydrogen) atoms. The van der Waals surface area contributed by atoms with Crippen LogP contribution in [0.25, 0.3) is 0 Å². The van der Waals surface area contributed by atoms with Gasteiger partial charge in [0.25, 0.3) is 5.69 Å². The summed E-state index contributed by atoms with van der Waals surface area (Å²) in [6, 6.07) is 21.8. The van der Waals surface area contributed by atoms with Crippen LogP contribution in [0.15, 0.2) is 83.3 Å². The molecular weight excluding hydrogens is 454 g/mol. The van der Waals surface area contributed by atoms with Crippen molar-refractivity contribution < 1.29 is 14.5 Å². The fourth-order valence-corrected chi connectivity index (χ4v) is 4.07. The molecule has 0 heterocycles. The van der Waals surface area contributed by atoms with E-state index in [9.17, 15) is 19.7 Å². The number of ketones is 1. The summed E-state index contributed by atoms with van der Waals surface area (Å²) in [6.45, 7) is 0. The monoisotopic (exact) mass is 469 g/mol. The standard InChI is InChI=1S/C22H16BrNO4S/c23-18-11-9-15(10-12-18)20(25)14-21(17-7-4-8-19(13-17)24(27)28)29-22(26)16-5-2-1-3-6-16/h1-13,21H,14H2. The number of nitro benzene ring substituents is 1. The van der Waals surface area contributed by atoms with Gasteiger partial charge in [0.1, 0.15) is 0 Å². The molecule has 1 unspecified atom stereocenters. The number of non-ortho nitro benzene ring substituents is 1. The Morgan fingerprint density at radius 3 is 2.28 bits per heavy atom. The Morgan fingerprint density at radius 1 is 0.931 bits per heavy atom. The van der Waals surface area contributed by atoms with E-state index in [1.807, 2.05) is 6.07 Å². The first-order chi connectivity index (χ1) is 13.9. The molecule has 0 bridgehead atoms. The average molecular weight is 470 g/mol. The molecule has 7 heteroatoms. The molecule has 0 radical (unpaired) electrons. The molecule has 0 aliphatic rings. The summed E-state index contributed by atoms with van der Waals surface area (Å²) < 4.78 is 0.859. The number of nitro groups is 1. The maximum Gasteiger partial charge on any atom is 0.269 e. The number of hydrogen-bond acceptors (Lipinski definition) is 5. The topological polar surface area (TPSA) is 77.3 Å². The zero-order chi connectivity index (χ0) is 20.8. The van der Waals surface area contributed by atoms with Gasteiger partial charge in [-0.15, -0.1) is 0 Å². The molecule has 5 nitrogen and oxygen atoms in total. The van der Waals surface area contributed by atoms with E-state index in [-0.39, 0.29) is 23.0 Å². The summed E-state index contributed by atoms with van der Waals surface area (Å²) in [5.74, 6) is -0.137. The Hall–Kier alpha value is -2.77. The van der Waals surface area contributed by atoms with Crippen molar-refractivity contribution in [3.8, 4) is 0 Å². The van der Waals surface area contributed by atoms with Crippen molar-refractivity contribution in [2.24, 2.45) is 0 Å². The second kappa shape index (κ2) is 9.62. The number of Topliss-reactive ketones (excluding diaryl/α,β-unsaturated/α-hetero) is 1. The Bertz CT molecular complexity index is 1040. The van der Waals surface area contributed by atoms with Gasteiger partial charge in [0.15, 0.2) is 5.78 Å². The predicted molar refractivity (Wildman–Crippen MR) is 117 cm³/mol. The number of halogens is 1. The maximum atomic E-state index is 12.8. The number of benzene rings is 3. The highest BCUT2D eigenvalue weighted by atomic mass is 79.9. The summed E-state index contributed by atoms with van der Waals surface area (Å²) in [5, 5.41) is 10.4. The number of rotatable bonds is 7. The second-order valence-electron chi connectivity index (χ2n) is 6.25. The van der Waals surface area contributed by atoms with Crippen molar-refractivity contribution in [1.29, 1.82) is 0 Å². The summed E-state index contributed by atoms with van der Waals surface area (Å²) in [5.41, 5.74) is 1.54. The van der Waals surface area contributed by atoms with Crippen molar-refractivity contribution >= 4 is 44.3 Å². The van der Waals surface area contributed by atoms with E-state index >= 15 is 0 Å². The van der Waals surface area contributed by atoms with E-state index in [2.05, 4.69) is 15.9 Å². The Labute approximate surface area is 180 Å². The average Bonchev–Trinajstić information content (AvgIpc) is 2.74. The molecule has 0 amide bonds. The molecule has 1 atom stereocenters. The maximum absolute atomic E-state index is 12.8. The first-order valence-electron chi connectivity index (χ1n) is 8.73. The van der Waals surface area contributed by atoms with E-state index in [1.165, 1.54) is 12.1 Å². The van der Waals surface area contributed by atoms with Gasteiger partial charge in [-0.05, 0) is 17.7 Å². The first-order valence-corrected chi connectivity index (χ1v) is 10.4. The summed E-state index contributed by atoms with van der Waals surface area (Å²) in [6.07, 6.45) is 0.0477. The Morgan fingerprint density at radius 2 is 1.62 bits per heavy atom. The fourth-order valence-electron chi connectivity index (χ4n) is 2.76. The molecule has 3 rings (SSSR count). The fraction of sp³-hybridized carbons (Fsp3) is 0.0909. The predicted octanol–water partition coefficient (Wildman–Crippen LogP) is 6.25. The van der Waals surface area contributed by atoms with Gasteiger partial charge in [0, 0.05) is 39.4 Å². The van der Waals surface area contributed by atoms with Crippen molar-refractivity contribution in [1.82, 2.24) is 0 Å². The van der Waals surface area contributed by atoms with Gasteiger partial charge < -0.3 is 0 Å². The lowest BCUT2D eigenvalue weighted by Crippen LogP contribution is -2.08. The van der Waals surface area contributed by atoms with Gasteiger partial charge in [-0.25, -0.2) is 0 Å². The van der Waals surface area contributed by atoms with Crippen LogP contribution in [0.2, 0.25) is 0 Å². The van der Waals surface area contributed by atoms with Crippen LogP contribution in [0.1, 0.15) is 38.0 Å². The molecule has 146 valence electrons. The second-order valence-corrected chi connectivity index (χ2v) is 8.34. The minimum Gasteiger partial charge on any atom is -0.294 e. The lowest BCUT2D eigenvalue weighted by molar-refractivity contribution is -0.384. The van der Waals surface area contributed by atoms with E-state index < -0.39 is 10.2 Å². The molecule has 0 aromatic heterocycles.